The van der Waals surface area contributed by atoms with Gasteiger partial charge in [0.2, 0.25) is 0 Å². The molecule has 0 atom stereocenters. The van der Waals surface area contributed by atoms with Crippen molar-refractivity contribution in [3.8, 4) is 0 Å². The maximum atomic E-state index is 8.47. The number of rotatable bonds is 14. The molecular formula is C18H40O2Zr. The van der Waals surface area contributed by atoms with Crippen LogP contribution in [0.15, 0.2) is 0 Å². The van der Waals surface area contributed by atoms with Gasteiger partial charge < -0.3 is 10.2 Å². The molecule has 0 radical (unpaired) electrons. The summed E-state index contributed by atoms with van der Waals surface area (Å²) in [6.07, 6.45) is 17.9. The molecule has 0 heterocycles. The second-order valence-corrected chi connectivity index (χ2v) is 5.69. The minimum Gasteiger partial charge on any atom is -0.396 e. The maximum Gasteiger partial charge on any atom is 0.0431 e. The van der Waals surface area contributed by atoms with E-state index in [2.05, 4.69) is 13.8 Å². The molecule has 2 N–H and O–H groups in total. The molecule has 0 aliphatic heterocycles. The minimum atomic E-state index is 0. The summed E-state index contributed by atoms with van der Waals surface area (Å²) in [5, 5.41) is 16.9. The Morgan fingerprint density at radius 2 is 0.667 bits per heavy atom. The fourth-order valence-corrected chi connectivity index (χ4v) is 2.14. The van der Waals surface area contributed by atoms with Crippen molar-refractivity contribution in [2.45, 2.75) is 104 Å². The first kappa shape index (κ1) is 26.7. The molecule has 0 aliphatic rings. The first-order valence-corrected chi connectivity index (χ1v) is 9.05. The maximum absolute atomic E-state index is 8.47. The summed E-state index contributed by atoms with van der Waals surface area (Å²) < 4.78 is 0. The summed E-state index contributed by atoms with van der Waals surface area (Å²) in [5.41, 5.74) is 0. The van der Waals surface area contributed by atoms with Crippen molar-refractivity contribution in [2.24, 2.45) is 0 Å². The quantitative estimate of drug-likeness (QED) is 0.394. The molecule has 0 bridgehead atoms. The molecule has 0 saturated carbocycles. The smallest absolute Gasteiger partial charge is 0.0431 e. The Hall–Kier alpha value is 0.803. The van der Waals surface area contributed by atoms with Crippen molar-refractivity contribution >= 4 is 0 Å². The Labute approximate surface area is 153 Å². The van der Waals surface area contributed by atoms with Gasteiger partial charge in [-0.25, -0.2) is 0 Å². The molecule has 128 valence electrons. The molecule has 0 amide bonds. The van der Waals surface area contributed by atoms with Crippen molar-refractivity contribution in [1.29, 1.82) is 0 Å². The third kappa shape index (κ3) is 33.6. The predicted molar refractivity (Wildman–Crippen MR) is 90.2 cm³/mol. The van der Waals surface area contributed by atoms with Crippen LogP contribution in [0.5, 0.6) is 0 Å². The zero-order chi connectivity index (χ0) is 15.3. The van der Waals surface area contributed by atoms with Crippen molar-refractivity contribution in [2.75, 3.05) is 13.2 Å². The van der Waals surface area contributed by atoms with Gasteiger partial charge in [0.15, 0.2) is 0 Å². The van der Waals surface area contributed by atoms with Gasteiger partial charge in [-0.15, -0.1) is 0 Å². The SMILES string of the molecule is CCCCCCCCCO.CCCCCCCCCO.[Zr]. The fourth-order valence-electron chi connectivity index (χ4n) is 2.14. The average Bonchev–Trinajstić information content (AvgIpc) is 2.47. The molecule has 0 aromatic carbocycles. The van der Waals surface area contributed by atoms with E-state index in [-0.39, 0.29) is 26.2 Å². The summed E-state index contributed by atoms with van der Waals surface area (Å²) in [6, 6.07) is 0. The van der Waals surface area contributed by atoms with E-state index in [0.717, 1.165) is 12.8 Å². The van der Waals surface area contributed by atoms with E-state index in [4.69, 9.17) is 10.2 Å². The molecule has 0 aromatic heterocycles. The molecule has 0 spiro atoms. The second-order valence-electron chi connectivity index (χ2n) is 5.69. The van der Waals surface area contributed by atoms with E-state index < -0.39 is 0 Å². The third-order valence-corrected chi connectivity index (χ3v) is 3.52. The molecule has 3 heteroatoms. The van der Waals surface area contributed by atoms with Gasteiger partial charge >= 0.3 is 0 Å². The summed E-state index contributed by atoms with van der Waals surface area (Å²) >= 11 is 0. The summed E-state index contributed by atoms with van der Waals surface area (Å²) in [5.74, 6) is 0. The van der Waals surface area contributed by atoms with Crippen molar-refractivity contribution in [1.82, 2.24) is 0 Å². The van der Waals surface area contributed by atoms with E-state index in [1.54, 1.807) is 0 Å². The van der Waals surface area contributed by atoms with Crippen LogP contribution >= 0.6 is 0 Å². The summed E-state index contributed by atoms with van der Waals surface area (Å²) in [6.45, 7) is 5.20. The second kappa shape index (κ2) is 28.9. The van der Waals surface area contributed by atoms with Crippen LogP contribution in [0.3, 0.4) is 0 Å². The monoisotopic (exact) mass is 378 g/mol. The third-order valence-electron chi connectivity index (χ3n) is 3.52. The van der Waals surface area contributed by atoms with E-state index in [9.17, 15) is 0 Å². The predicted octanol–water partition coefficient (Wildman–Crippen LogP) is 5.46. The first-order valence-electron chi connectivity index (χ1n) is 9.05. The number of unbranched alkanes of at least 4 members (excludes halogenated alkanes) is 12. The molecule has 0 unspecified atom stereocenters. The zero-order valence-corrected chi connectivity index (χ0v) is 17.2. The van der Waals surface area contributed by atoms with Gasteiger partial charge in [-0.05, 0) is 12.8 Å². The largest absolute Gasteiger partial charge is 0.396 e. The van der Waals surface area contributed by atoms with E-state index in [1.807, 2.05) is 0 Å². The average molecular weight is 380 g/mol. The zero-order valence-electron chi connectivity index (χ0n) is 14.7. The van der Waals surface area contributed by atoms with Gasteiger partial charge in [0.05, 0.1) is 0 Å². The Balaban J connectivity index is -0.000000295. The standard InChI is InChI=1S/2C9H20O.Zr/c2*1-2-3-4-5-6-7-8-9-10;/h2*10H,2-9H2,1H3;. The first-order chi connectivity index (χ1) is 9.83. The Morgan fingerprint density at radius 3 is 0.905 bits per heavy atom. The van der Waals surface area contributed by atoms with Crippen LogP contribution < -0.4 is 0 Å². The molecule has 0 saturated heterocycles. The Bertz CT molecular complexity index is 111. The van der Waals surface area contributed by atoms with E-state index in [1.165, 1.54) is 77.0 Å². The van der Waals surface area contributed by atoms with Crippen LogP contribution in [0.2, 0.25) is 0 Å². The van der Waals surface area contributed by atoms with Crippen LogP contribution in [-0.4, -0.2) is 23.4 Å². The molecule has 21 heavy (non-hydrogen) atoms. The summed E-state index contributed by atoms with van der Waals surface area (Å²) in [7, 11) is 0. The Kier molecular flexibility index (Phi) is 36.7. The van der Waals surface area contributed by atoms with Crippen LogP contribution in [0.1, 0.15) is 104 Å². The van der Waals surface area contributed by atoms with Gasteiger partial charge in [-0.1, -0.05) is 90.9 Å². The van der Waals surface area contributed by atoms with Gasteiger partial charge in [-0.3, -0.25) is 0 Å². The van der Waals surface area contributed by atoms with Crippen LogP contribution in [-0.2, 0) is 26.2 Å². The van der Waals surface area contributed by atoms with Gasteiger partial charge in [0, 0.05) is 39.4 Å². The van der Waals surface area contributed by atoms with Crippen LogP contribution in [0.25, 0.3) is 0 Å². The molecule has 0 rings (SSSR count). The van der Waals surface area contributed by atoms with Gasteiger partial charge in [-0.2, -0.15) is 0 Å². The van der Waals surface area contributed by atoms with Gasteiger partial charge in [0.1, 0.15) is 0 Å². The molecule has 0 aliphatic carbocycles. The van der Waals surface area contributed by atoms with Crippen LogP contribution in [0.4, 0.5) is 0 Å². The molecule has 2 nitrogen and oxygen atoms in total. The molecule has 0 fully saturated rings. The number of aliphatic hydroxyl groups excluding tert-OH is 2. The van der Waals surface area contributed by atoms with E-state index in [0.29, 0.717) is 13.2 Å². The van der Waals surface area contributed by atoms with Gasteiger partial charge in [0.25, 0.3) is 0 Å². The normalized spacial score (nSPS) is 9.71. The topological polar surface area (TPSA) is 40.5 Å². The van der Waals surface area contributed by atoms with Crippen molar-refractivity contribution < 1.29 is 36.4 Å². The number of hydrogen-bond donors (Lipinski definition) is 2. The van der Waals surface area contributed by atoms with Crippen molar-refractivity contribution in [3.63, 3.8) is 0 Å². The molecule has 0 aromatic rings. The van der Waals surface area contributed by atoms with Crippen molar-refractivity contribution in [3.05, 3.63) is 0 Å². The number of hydrogen-bond acceptors (Lipinski definition) is 2. The molecular weight excluding hydrogens is 339 g/mol. The van der Waals surface area contributed by atoms with E-state index >= 15 is 0 Å². The Morgan fingerprint density at radius 1 is 0.429 bits per heavy atom. The summed E-state index contributed by atoms with van der Waals surface area (Å²) in [4.78, 5) is 0. The fraction of sp³-hybridized carbons (Fsp3) is 1.00. The minimum absolute atomic E-state index is 0. The number of aliphatic hydroxyl groups is 2. The van der Waals surface area contributed by atoms with Crippen LogP contribution in [0, 0.1) is 0 Å².